The molecule has 0 saturated heterocycles. The SMILES string of the molecule is CCCCNC(=O)c1ccc2c(c1)N=C(c1ccc(Cl)s1)c1cc(F)ccc1S2. The molecule has 1 aliphatic heterocycles. The summed E-state index contributed by atoms with van der Waals surface area (Å²) < 4.78 is 14.7. The van der Waals surface area contributed by atoms with Gasteiger partial charge in [-0.15, -0.1) is 11.3 Å². The number of carbonyl (C=O) groups excluding carboxylic acids is 1. The van der Waals surface area contributed by atoms with E-state index in [1.54, 1.807) is 24.3 Å². The van der Waals surface area contributed by atoms with Gasteiger partial charge in [-0.2, -0.15) is 0 Å². The molecule has 2 heterocycles. The van der Waals surface area contributed by atoms with E-state index in [9.17, 15) is 9.18 Å². The van der Waals surface area contributed by atoms with E-state index >= 15 is 0 Å². The second-order valence-electron chi connectivity index (χ2n) is 6.60. The van der Waals surface area contributed by atoms with Crippen LogP contribution in [0.25, 0.3) is 0 Å². The first-order valence-corrected chi connectivity index (χ1v) is 11.3. The smallest absolute Gasteiger partial charge is 0.251 e. The minimum Gasteiger partial charge on any atom is -0.352 e. The van der Waals surface area contributed by atoms with Crippen LogP contribution in [-0.2, 0) is 0 Å². The molecule has 0 saturated carbocycles. The van der Waals surface area contributed by atoms with Crippen molar-refractivity contribution in [3.63, 3.8) is 0 Å². The fourth-order valence-electron chi connectivity index (χ4n) is 3.02. The van der Waals surface area contributed by atoms with Crippen molar-refractivity contribution in [3.05, 3.63) is 74.7 Å². The minimum absolute atomic E-state index is 0.116. The number of carbonyl (C=O) groups is 1. The molecule has 3 nitrogen and oxygen atoms in total. The van der Waals surface area contributed by atoms with Crippen LogP contribution in [0.1, 0.15) is 40.6 Å². The molecular formula is C22H18ClFN2OS2. The zero-order chi connectivity index (χ0) is 20.4. The lowest BCUT2D eigenvalue weighted by atomic mass is 10.1. The van der Waals surface area contributed by atoms with Gasteiger partial charge in [0.2, 0.25) is 0 Å². The third kappa shape index (κ3) is 4.39. The highest BCUT2D eigenvalue weighted by molar-refractivity contribution is 7.99. The Labute approximate surface area is 182 Å². The van der Waals surface area contributed by atoms with Gasteiger partial charge in [-0.1, -0.05) is 36.7 Å². The van der Waals surface area contributed by atoms with Gasteiger partial charge >= 0.3 is 0 Å². The monoisotopic (exact) mass is 444 g/mol. The van der Waals surface area contributed by atoms with Crippen LogP contribution in [0, 0.1) is 5.82 Å². The Morgan fingerprint density at radius 3 is 2.72 bits per heavy atom. The van der Waals surface area contributed by atoms with Gasteiger partial charge in [0.25, 0.3) is 5.91 Å². The predicted molar refractivity (Wildman–Crippen MR) is 119 cm³/mol. The number of hydrogen-bond donors (Lipinski definition) is 1. The molecule has 0 aliphatic carbocycles. The summed E-state index contributed by atoms with van der Waals surface area (Å²) in [7, 11) is 0. The van der Waals surface area contributed by atoms with E-state index in [1.165, 1.54) is 35.2 Å². The molecule has 1 N–H and O–H groups in total. The van der Waals surface area contributed by atoms with Crippen LogP contribution in [0.4, 0.5) is 10.1 Å². The molecule has 148 valence electrons. The first-order valence-electron chi connectivity index (χ1n) is 9.29. The standard InChI is InChI=1S/C22H18ClFN2OS2/c1-2-3-10-25-22(27)13-4-6-18-16(11-13)26-21(19-8-9-20(23)29-19)15-12-14(24)5-7-17(15)28-18/h4-9,11-12H,2-3,10H2,1H3,(H,25,27). The zero-order valence-electron chi connectivity index (χ0n) is 15.7. The molecular weight excluding hydrogens is 427 g/mol. The van der Waals surface area contributed by atoms with Gasteiger partial charge < -0.3 is 5.32 Å². The number of unbranched alkanes of at least 4 members (excludes halogenated alkanes) is 1. The molecule has 1 aliphatic rings. The summed E-state index contributed by atoms with van der Waals surface area (Å²) in [6.45, 7) is 2.73. The molecule has 7 heteroatoms. The number of hydrogen-bond acceptors (Lipinski definition) is 4. The maximum Gasteiger partial charge on any atom is 0.251 e. The number of nitrogens with zero attached hydrogens (tertiary/aromatic N) is 1. The number of nitrogens with one attached hydrogen (secondary N) is 1. The molecule has 2 aromatic carbocycles. The Bertz CT molecular complexity index is 1110. The van der Waals surface area contributed by atoms with Gasteiger partial charge in [-0.25, -0.2) is 9.38 Å². The third-order valence-electron chi connectivity index (χ3n) is 4.49. The van der Waals surface area contributed by atoms with Gasteiger partial charge in [0.1, 0.15) is 5.82 Å². The van der Waals surface area contributed by atoms with E-state index in [2.05, 4.69) is 12.2 Å². The van der Waals surface area contributed by atoms with E-state index < -0.39 is 0 Å². The predicted octanol–water partition coefficient (Wildman–Crippen LogP) is 6.70. The van der Waals surface area contributed by atoms with Crippen molar-refractivity contribution in [3.8, 4) is 0 Å². The number of benzene rings is 2. The maximum atomic E-state index is 14.0. The number of halogens is 2. The van der Waals surface area contributed by atoms with Crippen molar-refractivity contribution in [2.24, 2.45) is 4.99 Å². The molecule has 0 bridgehead atoms. The number of rotatable bonds is 5. The van der Waals surface area contributed by atoms with Crippen LogP contribution in [-0.4, -0.2) is 18.2 Å². The topological polar surface area (TPSA) is 41.5 Å². The summed E-state index contributed by atoms with van der Waals surface area (Å²) in [5.74, 6) is -0.434. The van der Waals surface area contributed by atoms with Crippen molar-refractivity contribution in [1.29, 1.82) is 0 Å². The average Bonchev–Trinajstić information content (AvgIpc) is 3.07. The van der Waals surface area contributed by atoms with E-state index in [1.807, 2.05) is 12.1 Å². The molecule has 0 spiro atoms. The maximum absolute atomic E-state index is 14.0. The Morgan fingerprint density at radius 2 is 1.97 bits per heavy atom. The van der Waals surface area contributed by atoms with Gasteiger partial charge in [-0.05, 0) is 55.0 Å². The largest absolute Gasteiger partial charge is 0.352 e. The van der Waals surface area contributed by atoms with Crippen molar-refractivity contribution >= 4 is 52.0 Å². The highest BCUT2D eigenvalue weighted by Gasteiger charge is 2.21. The fourth-order valence-corrected chi connectivity index (χ4v) is 5.05. The molecule has 0 radical (unpaired) electrons. The summed E-state index contributed by atoms with van der Waals surface area (Å²) in [5.41, 5.74) is 2.63. The van der Waals surface area contributed by atoms with E-state index in [4.69, 9.17) is 16.6 Å². The normalized spacial score (nSPS) is 12.6. The fraction of sp³-hybridized carbons (Fsp3) is 0.182. The minimum atomic E-state index is -0.318. The quantitative estimate of drug-likeness (QED) is 0.348. The molecule has 0 fully saturated rings. The molecule has 29 heavy (non-hydrogen) atoms. The van der Waals surface area contributed by atoms with Crippen LogP contribution < -0.4 is 5.32 Å². The first kappa shape index (κ1) is 20.1. The number of amides is 1. The second-order valence-corrected chi connectivity index (χ2v) is 9.40. The summed E-state index contributed by atoms with van der Waals surface area (Å²) in [6.07, 6.45) is 1.96. The Morgan fingerprint density at radius 1 is 1.14 bits per heavy atom. The van der Waals surface area contributed by atoms with Crippen molar-refractivity contribution in [1.82, 2.24) is 5.32 Å². The van der Waals surface area contributed by atoms with E-state index in [0.717, 1.165) is 33.1 Å². The Hall–Kier alpha value is -2.15. The third-order valence-corrected chi connectivity index (χ3v) is 6.87. The molecule has 1 amide bonds. The highest BCUT2D eigenvalue weighted by Crippen LogP contribution is 2.42. The average molecular weight is 445 g/mol. The van der Waals surface area contributed by atoms with Gasteiger partial charge in [0, 0.05) is 27.5 Å². The Balaban J connectivity index is 1.79. The van der Waals surface area contributed by atoms with Crippen LogP contribution in [0.3, 0.4) is 0 Å². The van der Waals surface area contributed by atoms with Crippen molar-refractivity contribution in [2.75, 3.05) is 6.54 Å². The van der Waals surface area contributed by atoms with Gasteiger partial charge in [0.05, 0.1) is 20.6 Å². The molecule has 0 unspecified atom stereocenters. The van der Waals surface area contributed by atoms with Crippen LogP contribution >= 0.6 is 34.7 Å². The Kier molecular flexibility index (Phi) is 6.04. The summed E-state index contributed by atoms with van der Waals surface area (Å²) in [4.78, 5) is 20.0. The molecule has 1 aromatic heterocycles. The van der Waals surface area contributed by atoms with Crippen LogP contribution in [0.2, 0.25) is 4.34 Å². The van der Waals surface area contributed by atoms with Gasteiger partial charge in [0.15, 0.2) is 0 Å². The van der Waals surface area contributed by atoms with E-state index in [0.29, 0.717) is 27.8 Å². The summed E-state index contributed by atoms with van der Waals surface area (Å²) in [5, 5.41) is 2.93. The molecule has 4 rings (SSSR count). The number of thiophene rings is 1. The van der Waals surface area contributed by atoms with E-state index in [-0.39, 0.29) is 11.7 Å². The summed E-state index contributed by atoms with van der Waals surface area (Å²) >= 11 is 9.05. The second kappa shape index (κ2) is 8.69. The first-order chi connectivity index (χ1) is 14.0. The zero-order valence-corrected chi connectivity index (χ0v) is 18.1. The number of aliphatic imine (C=N–C) groups is 1. The lowest BCUT2D eigenvalue weighted by Crippen LogP contribution is -2.24. The lowest BCUT2D eigenvalue weighted by Gasteiger charge is -2.08. The molecule has 0 atom stereocenters. The van der Waals surface area contributed by atoms with Gasteiger partial charge in [-0.3, -0.25) is 4.79 Å². The van der Waals surface area contributed by atoms with Crippen molar-refractivity contribution < 1.29 is 9.18 Å². The highest BCUT2D eigenvalue weighted by atomic mass is 35.5. The lowest BCUT2D eigenvalue weighted by molar-refractivity contribution is 0.0953. The van der Waals surface area contributed by atoms with Crippen molar-refractivity contribution in [2.45, 2.75) is 29.6 Å². The number of fused-ring (bicyclic) bond motifs is 2. The van der Waals surface area contributed by atoms with Crippen LogP contribution in [0.15, 0.2) is 63.3 Å². The molecule has 3 aromatic rings. The van der Waals surface area contributed by atoms with Crippen LogP contribution in [0.5, 0.6) is 0 Å². The summed E-state index contributed by atoms with van der Waals surface area (Å²) in [6, 6.07) is 13.9.